The zero-order valence-electron chi connectivity index (χ0n) is 10.8. The van der Waals surface area contributed by atoms with Crippen molar-refractivity contribution >= 4 is 22.6 Å². The summed E-state index contributed by atoms with van der Waals surface area (Å²) in [5.41, 5.74) is 0. The van der Waals surface area contributed by atoms with Crippen molar-refractivity contribution in [2.75, 3.05) is 6.61 Å². The molecule has 1 atom stereocenters. The molecule has 0 aliphatic carbocycles. The van der Waals surface area contributed by atoms with E-state index in [1.807, 2.05) is 0 Å². The van der Waals surface area contributed by atoms with Crippen molar-refractivity contribution in [1.82, 2.24) is 0 Å². The van der Waals surface area contributed by atoms with Gasteiger partial charge in [-0.3, -0.25) is 0 Å². The maximum Gasteiger partial charge on any atom is 0.458 e. The maximum absolute atomic E-state index is 13.0. The Bertz CT molecular complexity index is 275. The maximum atomic E-state index is 13.0. The summed E-state index contributed by atoms with van der Waals surface area (Å²) in [5, 5.41) is 0. The highest BCUT2D eigenvalue weighted by Gasteiger charge is 2.74. The quantitative estimate of drug-likeness (QED) is 0.188. The third-order valence-electron chi connectivity index (χ3n) is 2.60. The van der Waals surface area contributed by atoms with Crippen molar-refractivity contribution in [3.8, 4) is 0 Å². The van der Waals surface area contributed by atoms with Gasteiger partial charge in [-0.05, 0) is 41.9 Å². The molecule has 0 saturated heterocycles. The SMILES string of the molecule is FC(I)CCCCCCCOC(F)(C(F)(F)F)C(F)(F)F. The molecule has 0 N–H and O–H groups in total. The van der Waals surface area contributed by atoms with Crippen molar-refractivity contribution < 1.29 is 39.9 Å². The van der Waals surface area contributed by atoms with Crippen LogP contribution in [0.3, 0.4) is 0 Å². The van der Waals surface area contributed by atoms with Gasteiger partial charge in [0.05, 0.1) is 6.61 Å². The molecular formula is C11H15F8IO. The van der Waals surface area contributed by atoms with E-state index in [0.29, 0.717) is 25.7 Å². The molecule has 0 spiro atoms. The predicted molar refractivity (Wildman–Crippen MR) is 68.5 cm³/mol. The molecule has 0 radical (unpaired) electrons. The third-order valence-corrected chi connectivity index (χ3v) is 3.22. The van der Waals surface area contributed by atoms with E-state index in [0.717, 1.165) is 0 Å². The largest absolute Gasteiger partial charge is 0.458 e. The van der Waals surface area contributed by atoms with Gasteiger partial charge in [0.2, 0.25) is 0 Å². The molecule has 0 fully saturated rings. The van der Waals surface area contributed by atoms with E-state index < -0.39 is 29.0 Å². The lowest BCUT2D eigenvalue weighted by Gasteiger charge is -2.29. The predicted octanol–water partition coefficient (Wildman–Crippen LogP) is 5.86. The molecule has 1 unspecified atom stereocenters. The van der Waals surface area contributed by atoms with Crippen LogP contribution >= 0.6 is 22.6 Å². The van der Waals surface area contributed by atoms with E-state index in [2.05, 4.69) is 4.74 Å². The topological polar surface area (TPSA) is 9.23 Å². The Labute approximate surface area is 130 Å². The molecule has 128 valence electrons. The number of halogens is 9. The van der Waals surface area contributed by atoms with Gasteiger partial charge >= 0.3 is 18.2 Å². The van der Waals surface area contributed by atoms with Crippen LogP contribution in [0.1, 0.15) is 38.5 Å². The summed E-state index contributed by atoms with van der Waals surface area (Å²) in [5.74, 6) is -5.64. The molecule has 0 saturated carbocycles. The van der Waals surface area contributed by atoms with Crippen LogP contribution < -0.4 is 0 Å². The van der Waals surface area contributed by atoms with E-state index in [-0.39, 0.29) is 12.8 Å². The highest BCUT2D eigenvalue weighted by Crippen LogP contribution is 2.46. The number of hydrogen-bond acceptors (Lipinski definition) is 1. The van der Waals surface area contributed by atoms with Crippen LogP contribution in [0.25, 0.3) is 0 Å². The number of unbranched alkanes of at least 4 members (excludes halogenated alkanes) is 4. The lowest BCUT2D eigenvalue weighted by molar-refractivity contribution is -0.430. The van der Waals surface area contributed by atoms with Crippen molar-refractivity contribution in [2.24, 2.45) is 0 Å². The molecule has 0 aromatic heterocycles. The molecule has 1 nitrogen and oxygen atoms in total. The highest BCUT2D eigenvalue weighted by atomic mass is 127. The van der Waals surface area contributed by atoms with E-state index >= 15 is 0 Å². The average Bonchev–Trinajstić information content (AvgIpc) is 2.28. The Morgan fingerprint density at radius 2 is 1.19 bits per heavy atom. The lowest BCUT2D eigenvalue weighted by atomic mass is 10.1. The minimum absolute atomic E-state index is 0.138. The second-order valence-electron chi connectivity index (χ2n) is 4.39. The average molecular weight is 442 g/mol. The minimum Gasteiger partial charge on any atom is -0.332 e. The van der Waals surface area contributed by atoms with Gasteiger partial charge in [-0.1, -0.05) is 19.3 Å². The number of alkyl halides is 9. The van der Waals surface area contributed by atoms with Gasteiger partial charge in [0.15, 0.2) is 4.18 Å². The summed E-state index contributed by atoms with van der Waals surface area (Å²) in [6, 6.07) is 0. The van der Waals surface area contributed by atoms with Crippen LogP contribution in [0.2, 0.25) is 0 Å². The van der Waals surface area contributed by atoms with Gasteiger partial charge in [-0.2, -0.15) is 30.7 Å². The van der Waals surface area contributed by atoms with Crippen LogP contribution in [-0.2, 0) is 4.74 Å². The Hall–Kier alpha value is 0.130. The smallest absolute Gasteiger partial charge is 0.332 e. The zero-order chi connectivity index (χ0) is 16.7. The van der Waals surface area contributed by atoms with Crippen LogP contribution in [0.5, 0.6) is 0 Å². The fraction of sp³-hybridized carbons (Fsp3) is 1.00. The molecule has 0 rings (SSSR count). The molecule has 21 heavy (non-hydrogen) atoms. The first kappa shape index (κ1) is 21.1. The van der Waals surface area contributed by atoms with Crippen LogP contribution in [0.15, 0.2) is 0 Å². The molecule has 0 aliphatic rings. The number of ether oxygens (including phenoxy) is 1. The molecule has 0 aromatic rings. The summed E-state index contributed by atoms with van der Waals surface area (Å²) in [6.45, 7) is -0.993. The van der Waals surface area contributed by atoms with Crippen molar-refractivity contribution in [3.05, 3.63) is 0 Å². The zero-order valence-corrected chi connectivity index (χ0v) is 13.0. The first-order chi connectivity index (χ1) is 9.42. The van der Waals surface area contributed by atoms with E-state index in [1.54, 1.807) is 22.6 Å². The van der Waals surface area contributed by atoms with Gasteiger partial charge in [0.1, 0.15) is 0 Å². The summed E-state index contributed by atoms with van der Waals surface area (Å²) >= 11 is 1.60. The summed E-state index contributed by atoms with van der Waals surface area (Å²) < 4.78 is 100. The molecular weight excluding hydrogens is 427 g/mol. The van der Waals surface area contributed by atoms with Gasteiger partial charge in [0.25, 0.3) is 0 Å². The second kappa shape index (κ2) is 8.68. The monoisotopic (exact) mass is 442 g/mol. The van der Waals surface area contributed by atoms with E-state index in [4.69, 9.17) is 0 Å². The normalized spacial score (nSPS) is 15.3. The van der Waals surface area contributed by atoms with Gasteiger partial charge in [0, 0.05) is 0 Å². The van der Waals surface area contributed by atoms with Crippen LogP contribution in [0.4, 0.5) is 35.1 Å². The number of hydrogen-bond donors (Lipinski definition) is 0. The van der Waals surface area contributed by atoms with Crippen molar-refractivity contribution in [1.29, 1.82) is 0 Å². The van der Waals surface area contributed by atoms with Crippen LogP contribution in [-0.4, -0.2) is 29.0 Å². The third kappa shape index (κ3) is 7.29. The van der Waals surface area contributed by atoms with Crippen molar-refractivity contribution in [3.63, 3.8) is 0 Å². The highest BCUT2D eigenvalue weighted by molar-refractivity contribution is 14.1. The van der Waals surface area contributed by atoms with Gasteiger partial charge < -0.3 is 4.74 Å². The van der Waals surface area contributed by atoms with Crippen LogP contribution in [0, 0.1) is 0 Å². The molecule has 0 aliphatic heterocycles. The molecule has 0 heterocycles. The Balaban J connectivity index is 4.03. The first-order valence-corrected chi connectivity index (χ1v) is 7.41. The van der Waals surface area contributed by atoms with Gasteiger partial charge in [-0.25, -0.2) is 4.39 Å². The standard InChI is InChI=1S/C11H15F8IO/c12-8(20)6-4-2-1-3-5-7-21-9(13,10(14,15)16)11(17,18)19/h8H,1-7H2. The van der Waals surface area contributed by atoms with Gasteiger partial charge in [-0.15, -0.1) is 0 Å². The van der Waals surface area contributed by atoms with E-state index in [1.165, 1.54) is 0 Å². The summed E-state index contributed by atoms with van der Waals surface area (Å²) in [6.07, 6.45) is -10.2. The fourth-order valence-electron chi connectivity index (χ4n) is 1.47. The lowest BCUT2D eigenvalue weighted by Crippen LogP contribution is -2.55. The first-order valence-electron chi connectivity index (χ1n) is 6.16. The molecule has 0 amide bonds. The van der Waals surface area contributed by atoms with Crippen molar-refractivity contribution in [2.45, 2.75) is 60.9 Å². The number of rotatable bonds is 9. The summed E-state index contributed by atoms with van der Waals surface area (Å²) in [7, 11) is 0. The molecule has 0 bridgehead atoms. The molecule has 0 aromatic carbocycles. The molecule has 10 heteroatoms. The minimum atomic E-state index is -6.18. The fourth-order valence-corrected chi connectivity index (χ4v) is 1.91. The second-order valence-corrected chi connectivity index (χ2v) is 5.74. The Morgan fingerprint density at radius 1 is 0.762 bits per heavy atom. The summed E-state index contributed by atoms with van der Waals surface area (Å²) in [4.78, 5) is 0. The Morgan fingerprint density at radius 3 is 1.62 bits per heavy atom. The Kier molecular flexibility index (Phi) is 8.74. The van der Waals surface area contributed by atoms with E-state index in [9.17, 15) is 35.1 Å².